The number of likely N-dealkylation sites (tertiary alicyclic amines) is 1. The zero-order valence-corrected chi connectivity index (χ0v) is 14.6. The molecule has 0 aliphatic carbocycles. The van der Waals surface area contributed by atoms with Gasteiger partial charge in [-0.15, -0.1) is 0 Å². The zero-order valence-electron chi connectivity index (χ0n) is 13.0. The molecule has 5 nitrogen and oxygen atoms in total. The lowest BCUT2D eigenvalue weighted by atomic mass is 10.0. The minimum Gasteiger partial charge on any atom is -0.444 e. The Morgan fingerprint density at radius 2 is 2.24 bits per heavy atom. The van der Waals surface area contributed by atoms with Crippen LogP contribution in [0.1, 0.15) is 27.2 Å². The molecule has 0 spiro atoms. The molecule has 1 aromatic heterocycles. The Bertz CT molecular complexity index is 516. The Labute approximate surface area is 134 Å². The molecule has 1 aliphatic heterocycles. The van der Waals surface area contributed by atoms with Gasteiger partial charge in [0.25, 0.3) is 0 Å². The summed E-state index contributed by atoms with van der Waals surface area (Å²) in [5, 5.41) is 0. The van der Waals surface area contributed by atoms with E-state index in [-0.39, 0.29) is 12.1 Å². The van der Waals surface area contributed by atoms with Crippen LogP contribution in [0.3, 0.4) is 0 Å². The van der Waals surface area contributed by atoms with Gasteiger partial charge in [0.2, 0.25) is 0 Å². The van der Waals surface area contributed by atoms with Gasteiger partial charge >= 0.3 is 6.09 Å². The second kappa shape index (κ2) is 6.22. The molecule has 0 N–H and O–H groups in total. The molecule has 0 bridgehead atoms. The molecule has 116 valence electrons. The van der Waals surface area contributed by atoms with Gasteiger partial charge in [0.05, 0.1) is 17.9 Å². The van der Waals surface area contributed by atoms with E-state index in [9.17, 15) is 4.79 Å². The van der Waals surface area contributed by atoms with E-state index >= 15 is 0 Å². The monoisotopic (exact) mass is 355 g/mol. The fourth-order valence-corrected chi connectivity index (χ4v) is 2.58. The molecule has 0 saturated carbocycles. The molecule has 0 radical (unpaired) electrons. The van der Waals surface area contributed by atoms with Crippen molar-refractivity contribution in [2.45, 2.75) is 38.8 Å². The van der Waals surface area contributed by atoms with E-state index in [0.29, 0.717) is 0 Å². The number of rotatable bonds is 3. The van der Waals surface area contributed by atoms with E-state index in [2.05, 4.69) is 25.8 Å². The predicted molar refractivity (Wildman–Crippen MR) is 86.6 cm³/mol. The lowest BCUT2D eigenvalue weighted by Crippen LogP contribution is -2.56. The van der Waals surface area contributed by atoms with E-state index in [1.165, 1.54) is 0 Å². The number of nitrogens with zero attached hydrogens (tertiary/aromatic N) is 3. The van der Waals surface area contributed by atoms with Crippen LogP contribution in [0.5, 0.6) is 0 Å². The maximum atomic E-state index is 12.1. The number of ether oxygens (including phenoxy) is 1. The van der Waals surface area contributed by atoms with Crippen LogP contribution in [-0.4, -0.2) is 47.8 Å². The van der Waals surface area contributed by atoms with Crippen LogP contribution < -0.4 is 4.90 Å². The standard InChI is InChI=1S/C15H22BrN3O2/c1-15(2,3)21-14(20)19-6-5-12(19)10-18(4)13-7-11(16)8-17-9-13/h7-9,12H,5-6,10H2,1-4H3. The molecular formula is C15H22BrN3O2. The molecule has 0 aromatic carbocycles. The summed E-state index contributed by atoms with van der Waals surface area (Å²) in [6.45, 7) is 7.21. The molecule has 1 aliphatic rings. The van der Waals surface area contributed by atoms with E-state index in [0.717, 1.165) is 29.7 Å². The highest BCUT2D eigenvalue weighted by molar-refractivity contribution is 9.10. The van der Waals surface area contributed by atoms with Gasteiger partial charge in [-0.2, -0.15) is 0 Å². The smallest absolute Gasteiger partial charge is 0.410 e. The van der Waals surface area contributed by atoms with Gasteiger partial charge in [-0.3, -0.25) is 4.98 Å². The van der Waals surface area contributed by atoms with Crippen LogP contribution in [0, 0.1) is 0 Å². The zero-order chi connectivity index (χ0) is 15.6. The third-order valence-corrected chi connectivity index (χ3v) is 3.82. The SMILES string of the molecule is CN(CC1CCN1C(=O)OC(C)(C)C)c1cncc(Br)c1. The molecule has 6 heteroatoms. The van der Waals surface area contributed by atoms with Crippen molar-refractivity contribution < 1.29 is 9.53 Å². The van der Waals surface area contributed by atoms with Gasteiger partial charge in [-0.05, 0) is 49.2 Å². The maximum absolute atomic E-state index is 12.1. The first kappa shape index (κ1) is 16.1. The van der Waals surface area contributed by atoms with Crippen molar-refractivity contribution >= 4 is 27.7 Å². The van der Waals surface area contributed by atoms with E-state index in [1.54, 1.807) is 11.1 Å². The number of amides is 1. The van der Waals surface area contributed by atoms with E-state index < -0.39 is 5.60 Å². The number of hydrogen-bond donors (Lipinski definition) is 0. The number of anilines is 1. The molecule has 1 aromatic rings. The van der Waals surface area contributed by atoms with Crippen molar-refractivity contribution in [2.75, 3.05) is 25.0 Å². The molecule has 1 unspecified atom stereocenters. The first-order valence-electron chi connectivity index (χ1n) is 7.07. The Balaban J connectivity index is 1.93. The molecule has 1 saturated heterocycles. The van der Waals surface area contributed by atoms with Crippen molar-refractivity contribution in [3.63, 3.8) is 0 Å². The molecule has 2 heterocycles. The minimum atomic E-state index is -0.447. The lowest BCUT2D eigenvalue weighted by Gasteiger charge is -2.43. The first-order chi connectivity index (χ1) is 9.76. The fourth-order valence-electron chi connectivity index (χ4n) is 2.22. The van der Waals surface area contributed by atoms with Gasteiger partial charge in [-0.1, -0.05) is 0 Å². The third kappa shape index (κ3) is 4.33. The Morgan fingerprint density at radius 1 is 1.52 bits per heavy atom. The maximum Gasteiger partial charge on any atom is 0.410 e. The quantitative estimate of drug-likeness (QED) is 0.834. The fraction of sp³-hybridized carbons (Fsp3) is 0.600. The Kier molecular flexibility index (Phi) is 4.76. The van der Waals surface area contributed by atoms with Crippen molar-refractivity contribution in [1.82, 2.24) is 9.88 Å². The van der Waals surface area contributed by atoms with Crippen LogP contribution >= 0.6 is 15.9 Å². The summed E-state index contributed by atoms with van der Waals surface area (Å²) in [6.07, 6.45) is 4.36. The highest BCUT2D eigenvalue weighted by Crippen LogP contribution is 2.24. The van der Waals surface area contributed by atoms with Crippen LogP contribution in [0.25, 0.3) is 0 Å². The van der Waals surface area contributed by atoms with Crippen molar-refractivity contribution in [2.24, 2.45) is 0 Å². The van der Waals surface area contributed by atoms with E-state index in [1.807, 2.05) is 40.1 Å². The normalized spacial score (nSPS) is 18.1. The van der Waals surface area contributed by atoms with Gasteiger partial charge in [0.15, 0.2) is 0 Å². The Morgan fingerprint density at radius 3 is 2.76 bits per heavy atom. The first-order valence-corrected chi connectivity index (χ1v) is 7.87. The summed E-state index contributed by atoms with van der Waals surface area (Å²) in [4.78, 5) is 20.2. The minimum absolute atomic E-state index is 0.198. The molecule has 1 amide bonds. The summed E-state index contributed by atoms with van der Waals surface area (Å²) in [5.74, 6) is 0. The van der Waals surface area contributed by atoms with Crippen LogP contribution in [0.4, 0.5) is 10.5 Å². The third-order valence-electron chi connectivity index (χ3n) is 3.39. The molecule has 2 rings (SSSR count). The predicted octanol–water partition coefficient (Wildman–Crippen LogP) is 3.29. The second-order valence-electron chi connectivity index (χ2n) is 6.36. The second-order valence-corrected chi connectivity index (χ2v) is 7.27. The summed E-state index contributed by atoms with van der Waals surface area (Å²) < 4.78 is 6.38. The highest BCUT2D eigenvalue weighted by Gasteiger charge is 2.35. The van der Waals surface area contributed by atoms with Crippen LogP contribution in [0.15, 0.2) is 22.9 Å². The van der Waals surface area contributed by atoms with E-state index in [4.69, 9.17) is 4.74 Å². The average molecular weight is 356 g/mol. The number of halogens is 1. The number of carbonyl (C=O) groups excluding carboxylic acids is 1. The summed E-state index contributed by atoms with van der Waals surface area (Å²) in [5.41, 5.74) is 0.581. The molecule has 1 atom stereocenters. The van der Waals surface area contributed by atoms with Crippen molar-refractivity contribution in [1.29, 1.82) is 0 Å². The van der Waals surface area contributed by atoms with Crippen molar-refractivity contribution in [3.8, 4) is 0 Å². The summed E-state index contributed by atoms with van der Waals surface area (Å²) in [6, 6.07) is 2.22. The molecule has 21 heavy (non-hydrogen) atoms. The van der Waals surface area contributed by atoms with Gasteiger partial charge in [-0.25, -0.2) is 4.79 Å². The van der Waals surface area contributed by atoms with Crippen molar-refractivity contribution in [3.05, 3.63) is 22.9 Å². The number of aromatic nitrogens is 1. The van der Waals surface area contributed by atoms with Gasteiger partial charge in [0.1, 0.15) is 5.60 Å². The molecular weight excluding hydrogens is 334 g/mol. The summed E-state index contributed by atoms with van der Waals surface area (Å²) in [7, 11) is 2.01. The number of likely N-dealkylation sites (N-methyl/N-ethyl adjacent to an activating group) is 1. The number of pyridine rings is 1. The Hall–Kier alpha value is -1.30. The van der Waals surface area contributed by atoms with Crippen LogP contribution in [-0.2, 0) is 4.74 Å². The average Bonchev–Trinajstić information content (AvgIpc) is 2.31. The highest BCUT2D eigenvalue weighted by atomic mass is 79.9. The van der Waals surface area contributed by atoms with Gasteiger partial charge in [0, 0.05) is 30.8 Å². The topological polar surface area (TPSA) is 45.7 Å². The number of hydrogen-bond acceptors (Lipinski definition) is 4. The lowest BCUT2D eigenvalue weighted by molar-refractivity contribution is -0.00357. The summed E-state index contributed by atoms with van der Waals surface area (Å²) >= 11 is 3.42. The van der Waals surface area contributed by atoms with Crippen LogP contribution in [0.2, 0.25) is 0 Å². The molecule has 1 fully saturated rings. The largest absolute Gasteiger partial charge is 0.444 e. The number of carbonyl (C=O) groups is 1. The van der Waals surface area contributed by atoms with Gasteiger partial charge < -0.3 is 14.5 Å².